The fourth-order valence-corrected chi connectivity index (χ4v) is 2.00. The zero-order chi connectivity index (χ0) is 11.0. The van der Waals surface area contributed by atoms with Crippen LogP contribution < -0.4 is 4.74 Å². The summed E-state index contributed by atoms with van der Waals surface area (Å²) in [5, 5.41) is 2.35. The van der Waals surface area contributed by atoms with Gasteiger partial charge in [-0.25, -0.2) is 4.39 Å². The third kappa shape index (κ3) is 1.87. The maximum Gasteiger partial charge on any atom is 0.165 e. The summed E-state index contributed by atoms with van der Waals surface area (Å²) < 4.78 is 18.2. The average molecular weight is 245 g/mol. The molecule has 2 rings (SSSR count). The van der Waals surface area contributed by atoms with Crippen LogP contribution in [0.3, 0.4) is 0 Å². The van der Waals surface area contributed by atoms with E-state index in [1.165, 1.54) is 13.2 Å². The van der Waals surface area contributed by atoms with Gasteiger partial charge in [0.05, 0.1) is 12.1 Å². The van der Waals surface area contributed by atoms with Crippen LogP contribution in [0.1, 0.15) is 0 Å². The number of hydrogen-bond donors (Lipinski definition) is 0. The average Bonchev–Trinajstić information content (AvgIpc) is 2.16. The minimum atomic E-state index is -0.427. The topological polar surface area (TPSA) is 9.23 Å². The lowest BCUT2D eigenvalue weighted by Gasteiger charge is -2.06. The molecule has 15 heavy (non-hydrogen) atoms. The van der Waals surface area contributed by atoms with Crippen molar-refractivity contribution in [2.24, 2.45) is 0 Å². The van der Waals surface area contributed by atoms with Gasteiger partial charge in [0.15, 0.2) is 11.6 Å². The molecule has 0 aliphatic carbocycles. The Labute approximate surface area is 96.4 Å². The highest BCUT2D eigenvalue weighted by atomic mass is 35.5. The Balaban J connectivity index is 2.81. The molecule has 0 amide bonds. The van der Waals surface area contributed by atoms with Crippen LogP contribution in [0.2, 0.25) is 10.0 Å². The highest BCUT2D eigenvalue weighted by molar-refractivity contribution is 6.38. The first-order valence-corrected chi connectivity index (χ1v) is 4.99. The Bertz CT molecular complexity index is 525. The predicted octanol–water partition coefficient (Wildman–Crippen LogP) is 4.29. The number of fused-ring (bicyclic) bond motifs is 1. The van der Waals surface area contributed by atoms with Crippen LogP contribution in [0.25, 0.3) is 10.8 Å². The molecule has 0 fully saturated rings. The maximum atomic E-state index is 13.4. The van der Waals surface area contributed by atoms with Gasteiger partial charge in [-0.2, -0.15) is 0 Å². The van der Waals surface area contributed by atoms with Crippen molar-refractivity contribution < 1.29 is 9.13 Å². The lowest BCUT2D eigenvalue weighted by Crippen LogP contribution is -1.88. The van der Waals surface area contributed by atoms with Crippen molar-refractivity contribution in [2.45, 2.75) is 0 Å². The Morgan fingerprint density at radius 3 is 2.53 bits per heavy atom. The summed E-state index contributed by atoms with van der Waals surface area (Å²) in [6.45, 7) is 0. The highest BCUT2D eigenvalue weighted by Crippen LogP contribution is 2.32. The van der Waals surface area contributed by atoms with Gasteiger partial charge in [0.25, 0.3) is 0 Å². The first-order valence-electron chi connectivity index (χ1n) is 4.24. The second-order valence-electron chi connectivity index (χ2n) is 3.10. The van der Waals surface area contributed by atoms with Crippen molar-refractivity contribution >= 4 is 34.0 Å². The summed E-state index contributed by atoms with van der Waals surface area (Å²) in [6, 6.07) is 6.18. The molecule has 0 saturated carbocycles. The van der Waals surface area contributed by atoms with Crippen molar-refractivity contribution in [3.8, 4) is 5.75 Å². The molecule has 0 heterocycles. The Hall–Kier alpha value is -0.990. The molecule has 0 N–H and O–H groups in total. The normalized spacial score (nSPS) is 10.7. The van der Waals surface area contributed by atoms with E-state index in [1.54, 1.807) is 18.2 Å². The van der Waals surface area contributed by atoms with Crippen molar-refractivity contribution in [2.75, 3.05) is 7.11 Å². The molecule has 0 saturated heterocycles. The van der Waals surface area contributed by atoms with Gasteiger partial charge >= 0.3 is 0 Å². The van der Waals surface area contributed by atoms with Crippen LogP contribution >= 0.6 is 23.2 Å². The Morgan fingerprint density at radius 2 is 1.87 bits per heavy atom. The van der Waals surface area contributed by atoms with E-state index in [1.807, 2.05) is 0 Å². The number of methoxy groups -OCH3 is 1. The van der Waals surface area contributed by atoms with Crippen molar-refractivity contribution in [1.82, 2.24) is 0 Å². The predicted molar refractivity (Wildman–Crippen MR) is 60.5 cm³/mol. The van der Waals surface area contributed by atoms with Gasteiger partial charge in [0.1, 0.15) is 0 Å². The van der Waals surface area contributed by atoms with Crippen molar-refractivity contribution in [3.63, 3.8) is 0 Å². The fraction of sp³-hybridized carbons (Fsp3) is 0.0909. The van der Waals surface area contributed by atoms with Crippen molar-refractivity contribution in [3.05, 3.63) is 40.1 Å². The van der Waals surface area contributed by atoms with Crippen molar-refractivity contribution in [1.29, 1.82) is 0 Å². The molecular weight excluding hydrogens is 238 g/mol. The zero-order valence-electron chi connectivity index (χ0n) is 7.85. The maximum absolute atomic E-state index is 13.4. The summed E-state index contributed by atoms with van der Waals surface area (Å²) in [4.78, 5) is 0. The molecule has 1 nitrogen and oxygen atoms in total. The molecular formula is C11H7Cl2FO. The standard InChI is InChI=1S/C11H7Cl2FO/c1-15-11-5-8-6(3-10(11)14)2-7(12)4-9(8)13/h2-5H,1H3. The molecule has 4 heteroatoms. The second-order valence-corrected chi connectivity index (χ2v) is 3.94. The van der Waals surface area contributed by atoms with E-state index in [4.69, 9.17) is 27.9 Å². The van der Waals surface area contributed by atoms with E-state index in [-0.39, 0.29) is 5.75 Å². The summed E-state index contributed by atoms with van der Waals surface area (Å²) >= 11 is 11.8. The van der Waals surface area contributed by atoms with Crippen LogP contribution in [0.4, 0.5) is 4.39 Å². The van der Waals surface area contributed by atoms with Gasteiger partial charge < -0.3 is 4.74 Å². The molecule has 0 unspecified atom stereocenters. The largest absolute Gasteiger partial charge is 0.494 e. The monoisotopic (exact) mass is 244 g/mol. The molecule has 0 aromatic heterocycles. The van der Waals surface area contributed by atoms with Gasteiger partial charge in [-0.05, 0) is 29.7 Å². The summed E-state index contributed by atoms with van der Waals surface area (Å²) in [6.07, 6.45) is 0. The minimum absolute atomic E-state index is 0.173. The molecule has 2 aromatic rings. The zero-order valence-corrected chi connectivity index (χ0v) is 9.36. The van der Waals surface area contributed by atoms with Gasteiger partial charge in [-0.1, -0.05) is 23.2 Å². The smallest absolute Gasteiger partial charge is 0.165 e. The van der Waals surface area contributed by atoms with E-state index in [2.05, 4.69) is 0 Å². The quantitative estimate of drug-likeness (QED) is 0.727. The second kappa shape index (κ2) is 3.87. The van der Waals surface area contributed by atoms with Crippen LogP contribution in [0.15, 0.2) is 24.3 Å². The Kier molecular flexibility index (Phi) is 2.72. The van der Waals surface area contributed by atoms with E-state index >= 15 is 0 Å². The summed E-state index contributed by atoms with van der Waals surface area (Å²) in [5.41, 5.74) is 0. The van der Waals surface area contributed by atoms with Crippen LogP contribution in [-0.4, -0.2) is 7.11 Å². The molecule has 2 aromatic carbocycles. The molecule has 0 bridgehead atoms. The number of benzene rings is 2. The van der Waals surface area contributed by atoms with E-state index < -0.39 is 5.82 Å². The number of halogens is 3. The van der Waals surface area contributed by atoms with Gasteiger partial charge in [-0.3, -0.25) is 0 Å². The Morgan fingerprint density at radius 1 is 1.13 bits per heavy atom. The molecule has 0 atom stereocenters. The SMILES string of the molecule is COc1cc2c(Cl)cc(Cl)cc2cc1F. The molecule has 0 spiro atoms. The van der Waals surface area contributed by atoms with E-state index in [0.717, 1.165) is 5.39 Å². The van der Waals surface area contributed by atoms with E-state index in [9.17, 15) is 4.39 Å². The highest BCUT2D eigenvalue weighted by Gasteiger charge is 2.08. The molecule has 0 aliphatic rings. The lowest BCUT2D eigenvalue weighted by molar-refractivity contribution is 0.387. The number of rotatable bonds is 1. The van der Waals surface area contributed by atoms with Gasteiger partial charge in [0.2, 0.25) is 0 Å². The molecule has 78 valence electrons. The van der Waals surface area contributed by atoms with Crippen LogP contribution in [-0.2, 0) is 0 Å². The first kappa shape index (κ1) is 10.5. The minimum Gasteiger partial charge on any atom is -0.494 e. The van der Waals surface area contributed by atoms with Crippen LogP contribution in [0, 0.1) is 5.82 Å². The van der Waals surface area contributed by atoms with Gasteiger partial charge in [-0.15, -0.1) is 0 Å². The number of hydrogen-bond acceptors (Lipinski definition) is 1. The van der Waals surface area contributed by atoms with Gasteiger partial charge in [0, 0.05) is 10.4 Å². The fourth-order valence-electron chi connectivity index (χ4n) is 1.44. The third-order valence-electron chi connectivity index (χ3n) is 2.14. The lowest BCUT2D eigenvalue weighted by atomic mass is 10.1. The number of ether oxygens (including phenoxy) is 1. The third-order valence-corrected chi connectivity index (χ3v) is 2.67. The van der Waals surface area contributed by atoms with Crippen LogP contribution in [0.5, 0.6) is 5.75 Å². The molecule has 0 aliphatic heterocycles. The summed E-state index contributed by atoms with van der Waals surface area (Å²) in [5.74, 6) is -0.255. The molecule has 0 radical (unpaired) electrons. The summed E-state index contributed by atoms with van der Waals surface area (Å²) in [7, 11) is 1.41. The van der Waals surface area contributed by atoms with E-state index in [0.29, 0.717) is 15.4 Å². The first-order chi connectivity index (χ1) is 7.11.